The summed E-state index contributed by atoms with van der Waals surface area (Å²) in [5, 5.41) is 10.4. The second kappa shape index (κ2) is 8.44. The molecule has 0 bridgehead atoms. The minimum Gasteiger partial charge on any atom is -0.326 e. The molecule has 0 unspecified atom stereocenters. The Labute approximate surface area is 164 Å². The van der Waals surface area contributed by atoms with E-state index in [0.717, 1.165) is 11.3 Å². The maximum atomic E-state index is 12.1. The molecule has 5 nitrogen and oxygen atoms in total. The lowest BCUT2D eigenvalue weighted by molar-refractivity contribution is -0.116. The molecule has 0 saturated heterocycles. The number of halogens is 1. The normalized spacial score (nSPS) is 10.5. The molecule has 0 aliphatic rings. The number of amides is 2. The first kappa shape index (κ1) is 18.6. The van der Waals surface area contributed by atoms with Gasteiger partial charge in [0.1, 0.15) is 0 Å². The fourth-order valence-corrected chi connectivity index (χ4v) is 3.76. The molecule has 3 aromatic rings. The van der Waals surface area contributed by atoms with Crippen LogP contribution in [-0.4, -0.2) is 16.8 Å². The van der Waals surface area contributed by atoms with E-state index in [-0.39, 0.29) is 11.8 Å². The van der Waals surface area contributed by atoms with Crippen molar-refractivity contribution in [2.45, 2.75) is 19.8 Å². The number of aryl methyl sites for hydroxylation is 2. The SMILES string of the molecule is Cc1ccc(Cl)cc1NC(=O)CCc1csc(NC(=O)c2cccs2)n1. The van der Waals surface area contributed by atoms with Crippen LogP contribution >= 0.6 is 34.3 Å². The number of nitrogens with one attached hydrogen (secondary N) is 2. The van der Waals surface area contributed by atoms with Crippen LogP contribution in [0.2, 0.25) is 5.02 Å². The highest BCUT2D eigenvalue weighted by atomic mass is 35.5. The van der Waals surface area contributed by atoms with Crippen LogP contribution in [0.4, 0.5) is 10.8 Å². The third kappa shape index (κ3) is 4.91. The van der Waals surface area contributed by atoms with E-state index in [1.165, 1.54) is 22.7 Å². The van der Waals surface area contributed by atoms with Gasteiger partial charge in [-0.15, -0.1) is 22.7 Å². The maximum absolute atomic E-state index is 12.1. The molecule has 2 aromatic heterocycles. The van der Waals surface area contributed by atoms with E-state index in [4.69, 9.17) is 11.6 Å². The van der Waals surface area contributed by atoms with Crippen molar-refractivity contribution in [1.82, 2.24) is 4.98 Å². The van der Waals surface area contributed by atoms with Gasteiger partial charge in [-0.1, -0.05) is 23.7 Å². The highest BCUT2D eigenvalue weighted by Gasteiger charge is 2.11. The Bertz CT molecular complexity index is 922. The Morgan fingerprint density at radius 3 is 2.81 bits per heavy atom. The summed E-state index contributed by atoms with van der Waals surface area (Å²) in [5.41, 5.74) is 2.44. The Hall–Kier alpha value is -2.22. The number of nitrogens with zero attached hydrogens (tertiary/aromatic N) is 1. The molecule has 0 spiro atoms. The van der Waals surface area contributed by atoms with Crippen molar-refractivity contribution in [2.75, 3.05) is 10.6 Å². The summed E-state index contributed by atoms with van der Waals surface area (Å²) in [6.07, 6.45) is 0.796. The summed E-state index contributed by atoms with van der Waals surface area (Å²) in [4.78, 5) is 29.1. The van der Waals surface area contributed by atoms with Crippen molar-refractivity contribution in [1.29, 1.82) is 0 Å². The molecule has 0 radical (unpaired) electrons. The molecule has 0 atom stereocenters. The van der Waals surface area contributed by atoms with E-state index in [2.05, 4.69) is 15.6 Å². The zero-order chi connectivity index (χ0) is 18.5. The van der Waals surface area contributed by atoms with Crippen LogP contribution in [0.15, 0.2) is 41.1 Å². The van der Waals surface area contributed by atoms with Gasteiger partial charge in [-0.05, 0) is 42.5 Å². The zero-order valence-corrected chi connectivity index (χ0v) is 16.3. The Kier molecular flexibility index (Phi) is 6.03. The zero-order valence-electron chi connectivity index (χ0n) is 13.9. The van der Waals surface area contributed by atoms with E-state index in [1.54, 1.807) is 18.2 Å². The van der Waals surface area contributed by atoms with Crippen LogP contribution in [-0.2, 0) is 11.2 Å². The van der Waals surface area contributed by atoms with Crippen molar-refractivity contribution in [2.24, 2.45) is 0 Å². The van der Waals surface area contributed by atoms with Crippen molar-refractivity contribution >= 4 is 56.9 Å². The molecule has 134 valence electrons. The van der Waals surface area contributed by atoms with Crippen LogP contribution in [0.1, 0.15) is 27.3 Å². The topological polar surface area (TPSA) is 71.1 Å². The Balaban J connectivity index is 1.52. The molecular weight excluding hydrogens is 390 g/mol. The number of hydrogen-bond acceptors (Lipinski definition) is 5. The van der Waals surface area contributed by atoms with Crippen LogP contribution in [0, 0.1) is 6.92 Å². The van der Waals surface area contributed by atoms with Gasteiger partial charge in [-0.2, -0.15) is 0 Å². The van der Waals surface area contributed by atoms with Gasteiger partial charge in [-0.3, -0.25) is 14.9 Å². The van der Waals surface area contributed by atoms with Gasteiger partial charge >= 0.3 is 0 Å². The summed E-state index contributed by atoms with van der Waals surface area (Å²) in [6.45, 7) is 1.91. The minimum absolute atomic E-state index is 0.104. The van der Waals surface area contributed by atoms with Crippen molar-refractivity contribution in [3.05, 3.63) is 62.2 Å². The lowest BCUT2D eigenvalue weighted by Crippen LogP contribution is -2.13. The van der Waals surface area contributed by atoms with E-state index in [9.17, 15) is 9.59 Å². The van der Waals surface area contributed by atoms with Crippen molar-refractivity contribution < 1.29 is 9.59 Å². The number of carbonyl (C=O) groups is 2. The van der Waals surface area contributed by atoms with Gasteiger partial charge in [0.2, 0.25) is 5.91 Å². The van der Waals surface area contributed by atoms with Gasteiger partial charge in [0.15, 0.2) is 5.13 Å². The van der Waals surface area contributed by atoms with Crippen molar-refractivity contribution in [3.63, 3.8) is 0 Å². The first-order valence-electron chi connectivity index (χ1n) is 7.86. The maximum Gasteiger partial charge on any atom is 0.267 e. The van der Waals surface area contributed by atoms with Gasteiger partial charge in [0.25, 0.3) is 5.91 Å². The highest BCUT2D eigenvalue weighted by Crippen LogP contribution is 2.21. The smallest absolute Gasteiger partial charge is 0.267 e. The molecule has 0 aliphatic carbocycles. The van der Waals surface area contributed by atoms with E-state index in [0.29, 0.717) is 33.6 Å². The summed E-state index contributed by atoms with van der Waals surface area (Å²) < 4.78 is 0. The van der Waals surface area contributed by atoms with Gasteiger partial charge in [0.05, 0.1) is 10.6 Å². The lowest BCUT2D eigenvalue weighted by Gasteiger charge is -2.08. The molecular formula is C18H16ClN3O2S2. The van der Waals surface area contributed by atoms with Crippen molar-refractivity contribution in [3.8, 4) is 0 Å². The average molecular weight is 406 g/mol. The van der Waals surface area contributed by atoms with Gasteiger partial charge < -0.3 is 5.32 Å². The third-order valence-corrected chi connectivity index (χ3v) is 5.51. The van der Waals surface area contributed by atoms with Crippen LogP contribution < -0.4 is 10.6 Å². The number of anilines is 2. The van der Waals surface area contributed by atoms with Gasteiger partial charge in [-0.25, -0.2) is 4.98 Å². The number of thiophene rings is 1. The number of carbonyl (C=O) groups excluding carboxylic acids is 2. The summed E-state index contributed by atoms with van der Waals surface area (Å²) >= 11 is 8.69. The van der Waals surface area contributed by atoms with Crippen LogP contribution in [0.25, 0.3) is 0 Å². The Morgan fingerprint density at radius 1 is 1.19 bits per heavy atom. The number of rotatable bonds is 6. The van der Waals surface area contributed by atoms with Gasteiger partial charge in [0, 0.05) is 22.5 Å². The monoisotopic (exact) mass is 405 g/mol. The summed E-state index contributed by atoms with van der Waals surface area (Å²) in [6, 6.07) is 8.97. The molecule has 0 aliphatic heterocycles. The third-order valence-electron chi connectivity index (χ3n) is 3.60. The first-order chi connectivity index (χ1) is 12.5. The number of benzene rings is 1. The fourth-order valence-electron chi connectivity index (χ4n) is 2.23. The summed E-state index contributed by atoms with van der Waals surface area (Å²) in [7, 11) is 0. The number of hydrogen-bond donors (Lipinski definition) is 2. The van der Waals surface area contributed by atoms with Crippen LogP contribution in [0.5, 0.6) is 0 Å². The minimum atomic E-state index is -0.171. The van der Waals surface area contributed by atoms with Crippen LogP contribution in [0.3, 0.4) is 0 Å². The largest absolute Gasteiger partial charge is 0.326 e. The molecule has 2 heterocycles. The molecule has 0 saturated carbocycles. The van der Waals surface area contributed by atoms with E-state index < -0.39 is 0 Å². The first-order valence-corrected chi connectivity index (χ1v) is 10.0. The van der Waals surface area contributed by atoms with E-state index >= 15 is 0 Å². The number of aromatic nitrogens is 1. The molecule has 1 aromatic carbocycles. The predicted molar refractivity (Wildman–Crippen MR) is 108 cm³/mol. The molecule has 2 amide bonds. The Morgan fingerprint density at radius 2 is 2.04 bits per heavy atom. The average Bonchev–Trinajstić information content (AvgIpc) is 3.28. The highest BCUT2D eigenvalue weighted by molar-refractivity contribution is 7.14. The quantitative estimate of drug-likeness (QED) is 0.606. The number of thiazole rings is 1. The second-order valence-corrected chi connectivity index (χ2v) is 7.83. The fraction of sp³-hybridized carbons (Fsp3) is 0.167. The van der Waals surface area contributed by atoms with E-state index in [1.807, 2.05) is 29.8 Å². The molecule has 2 N–H and O–H groups in total. The summed E-state index contributed by atoms with van der Waals surface area (Å²) in [5.74, 6) is -0.275. The standard InChI is InChI=1S/C18H16ClN3O2S2/c1-11-4-5-12(19)9-14(11)21-16(23)7-6-13-10-26-18(20-13)22-17(24)15-3-2-8-25-15/h2-5,8-10H,6-7H2,1H3,(H,21,23)(H,20,22,24). The molecule has 26 heavy (non-hydrogen) atoms. The molecule has 3 rings (SSSR count). The molecule has 8 heteroatoms. The second-order valence-electron chi connectivity index (χ2n) is 5.58. The predicted octanol–water partition coefficient (Wildman–Crippen LogP) is 4.99. The lowest BCUT2D eigenvalue weighted by atomic mass is 10.2. The molecule has 0 fully saturated rings.